The van der Waals surface area contributed by atoms with E-state index in [1.807, 2.05) is 11.5 Å². The lowest BCUT2D eigenvalue weighted by atomic mass is 9.93. The molecule has 1 amide bonds. The predicted molar refractivity (Wildman–Crippen MR) is 140 cm³/mol. The number of carbonyl (C=O) groups excluding carboxylic acids is 1. The predicted octanol–water partition coefficient (Wildman–Crippen LogP) is 1.05. The van der Waals surface area contributed by atoms with Crippen molar-refractivity contribution < 1.29 is 4.79 Å². The van der Waals surface area contributed by atoms with Gasteiger partial charge in [0.05, 0.1) is 23.3 Å². The number of hydrogen-bond acceptors (Lipinski definition) is 7. The van der Waals surface area contributed by atoms with Crippen LogP contribution in [0.5, 0.6) is 0 Å². The van der Waals surface area contributed by atoms with E-state index in [0.717, 1.165) is 36.7 Å². The van der Waals surface area contributed by atoms with Crippen molar-refractivity contribution in [1.29, 1.82) is 5.26 Å². The molecule has 2 fully saturated rings. The minimum Gasteiger partial charge on any atom is -0.356 e. The van der Waals surface area contributed by atoms with E-state index in [2.05, 4.69) is 21.3 Å². The molecule has 0 radical (unpaired) electrons. The standard InChI is InChI=1S/C26H32N8O3/c1-3-33-22-21(31(2)26(37)34(25(22)36)15-19-16(13-27)7-5-11-29-19)20(23(35)30-18-9-4-10-18)24(33)32-12-6-8-17(28)14-32/h5,7,11,17-18H,3-4,6,8-10,12,14-15,28H2,1-2H3,(H,30,35)/t17-/m1/s1. The van der Waals surface area contributed by atoms with Crippen molar-refractivity contribution in [2.24, 2.45) is 12.8 Å². The van der Waals surface area contributed by atoms with Crippen molar-refractivity contribution in [3.63, 3.8) is 0 Å². The van der Waals surface area contributed by atoms with E-state index < -0.39 is 11.2 Å². The number of carbonyl (C=O) groups is 1. The number of aromatic nitrogens is 4. The summed E-state index contributed by atoms with van der Waals surface area (Å²) in [6.45, 7) is 3.46. The molecule has 1 atom stereocenters. The van der Waals surface area contributed by atoms with Gasteiger partial charge in [0.15, 0.2) is 0 Å². The maximum Gasteiger partial charge on any atom is 0.331 e. The second-order valence-electron chi connectivity index (χ2n) is 9.93. The zero-order chi connectivity index (χ0) is 26.3. The summed E-state index contributed by atoms with van der Waals surface area (Å²) in [7, 11) is 1.58. The Hall–Kier alpha value is -3.91. The summed E-state index contributed by atoms with van der Waals surface area (Å²) in [5.41, 5.74) is 6.80. The van der Waals surface area contributed by atoms with Gasteiger partial charge in [0.2, 0.25) is 0 Å². The number of nitrogens with zero attached hydrogens (tertiary/aromatic N) is 6. The first kappa shape index (κ1) is 24.8. The average Bonchev–Trinajstić information content (AvgIpc) is 3.23. The van der Waals surface area contributed by atoms with Gasteiger partial charge in [-0.15, -0.1) is 0 Å². The summed E-state index contributed by atoms with van der Waals surface area (Å²) < 4.78 is 4.31. The van der Waals surface area contributed by atoms with Crippen LogP contribution in [0, 0.1) is 11.3 Å². The second kappa shape index (κ2) is 9.86. The fraction of sp³-hybridized carbons (Fsp3) is 0.500. The minimum atomic E-state index is -0.570. The van der Waals surface area contributed by atoms with Crippen LogP contribution in [0.25, 0.3) is 11.0 Å². The smallest absolute Gasteiger partial charge is 0.331 e. The quantitative estimate of drug-likeness (QED) is 0.510. The highest BCUT2D eigenvalue weighted by Crippen LogP contribution is 2.33. The molecule has 3 aromatic rings. The highest BCUT2D eigenvalue weighted by atomic mass is 16.2. The first-order chi connectivity index (χ1) is 17.8. The molecule has 0 spiro atoms. The zero-order valence-corrected chi connectivity index (χ0v) is 21.2. The van der Waals surface area contributed by atoms with Crippen LogP contribution in [0.1, 0.15) is 60.6 Å². The number of nitrogens with two attached hydrogens (primary N) is 1. The molecule has 2 aliphatic rings. The Morgan fingerprint density at radius 1 is 1.22 bits per heavy atom. The molecule has 37 heavy (non-hydrogen) atoms. The normalized spacial score (nSPS) is 18.0. The second-order valence-corrected chi connectivity index (χ2v) is 9.93. The third-order valence-electron chi connectivity index (χ3n) is 7.57. The van der Waals surface area contributed by atoms with Gasteiger partial charge >= 0.3 is 5.69 Å². The van der Waals surface area contributed by atoms with Crippen molar-refractivity contribution in [2.75, 3.05) is 18.0 Å². The van der Waals surface area contributed by atoms with E-state index in [0.29, 0.717) is 47.8 Å². The average molecular weight is 505 g/mol. The Labute approximate surface area is 214 Å². The molecule has 1 aliphatic carbocycles. The number of nitriles is 1. The van der Waals surface area contributed by atoms with Crippen LogP contribution in [0.15, 0.2) is 27.9 Å². The van der Waals surface area contributed by atoms with Crippen molar-refractivity contribution in [2.45, 2.75) is 64.2 Å². The summed E-state index contributed by atoms with van der Waals surface area (Å²) in [4.78, 5) is 47.5. The highest BCUT2D eigenvalue weighted by Gasteiger charge is 2.33. The molecule has 194 valence electrons. The van der Waals surface area contributed by atoms with Crippen molar-refractivity contribution in [1.82, 2.24) is 24.0 Å². The van der Waals surface area contributed by atoms with Crippen molar-refractivity contribution in [3.8, 4) is 6.07 Å². The third kappa shape index (κ3) is 4.21. The monoisotopic (exact) mass is 504 g/mol. The van der Waals surface area contributed by atoms with Crippen LogP contribution in [-0.4, -0.2) is 49.8 Å². The summed E-state index contributed by atoms with van der Waals surface area (Å²) >= 11 is 0. The number of amides is 1. The Bertz CT molecular complexity index is 1520. The number of anilines is 1. The molecule has 1 saturated heterocycles. The van der Waals surface area contributed by atoms with E-state index in [9.17, 15) is 19.6 Å². The maximum absolute atomic E-state index is 14.0. The number of hydrogen-bond donors (Lipinski definition) is 2. The third-order valence-corrected chi connectivity index (χ3v) is 7.57. The number of fused-ring (bicyclic) bond motifs is 1. The van der Waals surface area contributed by atoms with E-state index in [4.69, 9.17) is 5.73 Å². The van der Waals surface area contributed by atoms with Gasteiger partial charge < -0.3 is 20.5 Å². The van der Waals surface area contributed by atoms with Crippen LogP contribution < -0.4 is 27.2 Å². The van der Waals surface area contributed by atoms with Gasteiger partial charge in [-0.1, -0.05) is 0 Å². The molecule has 3 aromatic heterocycles. The highest BCUT2D eigenvalue weighted by molar-refractivity contribution is 6.11. The Kier molecular flexibility index (Phi) is 6.60. The topological polar surface area (TPSA) is 144 Å². The molecule has 3 N–H and O–H groups in total. The lowest BCUT2D eigenvalue weighted by Gasteiger charge is -2.34. The SMILES string of the molecule is CCn1c(N2CCC[C@@H](N)C2)c(C(=O)NC2CCC2)c2c1c(=O)n(Cc1ncccc1C#N)c(=O)n2C. The lowest BCUT2D eigenvalue weighted by Crippen LogP contribution is -2.45. The molecule has 4 heterocycles. The zero-order valence-electron chi connectivity index (χ0n) is 21.2. The van der Waals surface area contributed by atoms with Crippen LogP contribution >= 0.6 is 0 Å². The van der Waals surface area contributed by atoms with Gasteiger partial charge in [0.25, 0.3) is 11.5 Å². The van der Waals surface area contributed by atoms with Gasteiger partial charge in [0, 0.05) is 45.0 Å². The van der Waals surface area contributed by atoms with E-state index in [1.54, 1.807) is 19.2 Å². The summed E-state index contributed by atoms with van der Waals surface area (Å²) in [5, 5.41) is 12.6. The Morgan fingerprint density at radius 3 is 2.65 bits per heavy atom. The molecular weight excluding hydrogens is 472 g/mol. The minimum absolute atomic E-state index is 0.0475. The first-order valence-corrected chi connectivity index (χ1v) is 12.9. The van der Waals surface area contributed by atoms with Gasteiger partial charge in [-0.3, -0.25) is 23.7 Å². The molecule has 0 aromatic carbocycles. The van der Waals surface area contributed by atoms with Gasteiger partial charge in [-0.05, 0) is 51.2 Å². The van der Waals surface area contributed by atoms with Crippen LogP contribution in [0.4, 0.5) is 5.82 Å². The van der Waals surface area contributed by atoms with Crippen molar-refractivity contribution in [3.05, 3.63) is 56.0 Å². The van der Waals surface area contributed by atoms with Crippen molar-refractivity contribution >= 4 is 22.8 Å². The number of nitrogens with one attached hydrogen (secondary N) is 1. The Balaban J connectivity index is 1.77. The summed E-state index contributed by atoms with van der Waals surface area (Å²) in [6, 6.07) is 5.35. The van der Waals surface area contributed by atoms with E-state index in [-0.39, 0.29) is 30.1 Å². The fourth-order valence-electron chi connectivity index (χ4n) is 5.44. The van der Waals surface area contributed by atoms with Crippen LogP contribution in [0.2, 0.25) is 0 Å². The van der Waals surface area contributed by atoms with E-state index >= 15 is 0 Å². The number of rotatable bonds is 6. The fourth-order valence-corrected chi connectivity index (χ4v) is 5.44. The molecular formula is C26H32N8O3. The molecule has 11 heteroatoms. The van der Waals surface area contributed by atoms with E-state index in [1.165, 1.54) is 10.8 Å². The summed E-state index contributed by atoms with van der Waals surface area (Å²) in [5.74, 6) is 0.351. The van der Waals surface area contributed by atoms with Crippen LogP contribution in [0.3, 0.4) is 0 Å². The molecule has 11 nitrogen and oxygen atoms in total. The van der Waals surface area contributed by atoms with Crippen LogP contribution in [-0.2, 0) is 20.1 Å². The number of piperidine rings is 1. The van der Waals surface area contributed by atoms with Gasteiger partial charge in [0.1, 0.15) is 23.0 Å². The Morgan fingerprint density at radius 2 is 2.00 bits per heavy atom. The molecule has 0 bridgehead atoms. The maximum atomic E-state index is 14.0. The molecule has 1 aliphatic heterocycles. The molecule has 0 unspecified atom stereocenters. The lowest BCUT2D eigenvalue weighted by molar-refractivity contribution is 0.0918. The number of pyridine rings is 1. The largest absolute Gasteiger partial charge is 0.356 e. The van der Waals surface area contributed by atoms with Gasteiger partial charge in [-0.25, -0.2) is 4.79 Å². The molecule has 5 rings (SSSR count). The molecule has 1 saturated carbocycles. The first-order valence-electron chi connectivity index (χ1n) is 12.9. The van der Waals surface area contributed by atoms with Gasteiger partial charge in [-0.2, -0.15) is 5.26 Å². The number of aryl methyl sites for hydroxylation is 2. The summed E-state index contributed by atoms with van der Waals surface area (Å²) in [6.07, 6.45) is 6.19.